The molecule has 0 aliphatic carbocycles. The molecule has 0 radical (unpaired) electrons. The van der Waals surface area contributed by atoms with Gasteiger partial charge in [-0.25, -0.2) is 9.97 Å². The lowest BCUT2D eigenvalue weighted by Gasteiger charge is -2.35. The summed E-state index contributed by atoms with van der Waals surface area (Å²) in [5.41, 5.74) is 0. The highest BCUT2D eigenvalue weighted by Crippen LogP contribution is 2.28. The highest BCUT2D eigenvalue weighted by molar-refractivity contribution is 7.15. The predicted molar refractivity (Wildman–Crippen MR) is 105 cm³/mol. The second-order valence-corrected chi connectivity index (χ2v) is 7.64. The number of nitrogens with zero attached hydrogens (tertiary/aromatic N) is 7. The first-order valence-corrected chi connectivity index (χ1v) is 9.84. The Morgan fingerprint density at radius 2 is 1.86 bits per heavy atom. The summed E-state index contributed by atoms with van der Waals surface area (Å²) in [6, 6.07) is 1.78. The molecule has 0 aromatic carbocycles. The molecule has 2 aromatic heterocycles. The lowest BCUT2D eigenvalue weighted by molar-refractivity contribution is -0.136. The van der Waals surface area contributed by atoms with Gasteiger partial charge in [-0.3, -0.25) is 19.3 Å². The number of aryl methyl sites for hydroxylation is 1. The van der Waals surface area contributed by atoms with Gasteiger partial charge in [-0.15, -0.1) is 10.2 Å². The smallest absolute Gasteiger partial charge is 0.290 e. The van der Waals surface area contributed by atoms with E-state index in [9.17, 15) is 9.59 Å². The van der Waals surface area contributed by atoms with Crippen molar-refractivity contribution in [3.63, 3.8) is 0 Å². The number of hydrogen-bond acceptors (Lipinski definition) is 9. The number of rotatable bonds is 3. The minimum absolute atomic E-state index is 0.0377. The Morgan fingerprint density at radius 3 is 2.45 bits per heavy atom. The summed E-state index contributed by atoms with van der Waals surface area (Å²) in [6.07, 6.45) is 3.67. The van der Waals surface area contributed by atoms with Gasteiger partial charge in [0.2, 0.25) is 22.9 Å². The summed E-state index contributed by atoms with van der Waals surface area (Å²) in [6.45, 7) is 4.58. The van der Waals surface area contributed by atoms with E-state index in [4.69, 9.17) is 9.90 Å². The molecule has 2 aliphatic rings. The average Bonchev–Trinajstić information content (AvgIpc) is 3.34. The number of anilines is 2. The summed E-state index contributed by atoms with van der Waals surface area (Å²) in [5.74, 6) is 0.353. The van der Waals surface area contributed by atoms with Crippen LogP contribution in [0.1, 0.15) is 11.4 Å². The molecule has 12 heteroatoms. The number of piperazine rings is 1. The zero-order chi connectivity index (χ0) is 20.8. The van der Waals surface area contributed by atoms with E-state index in [0.29, 0.717) is 43.8 Å². The molecule has 1 N–H and O–H groups in total. The van der Waals surface area contributed by atoms with Gasteiger partial charge < -0.3 is 14.9 Å². The Kier molecular flexibility index (Phi) is 6.65. The van der Waals surface area contributed by atoms with Gasteiger partial charge in [0.25, 0.3) is 6.47 Å². The van der Waals surface area contributed by atoms with Gasteiger partial charge in [-0.2, -0.15) is 0 Å². The average molecular weight is 419 g/mol. The molecule has 4 heterocycles. The van der Waals surface area contributed by atoms with Crippen LogP contribution in [-0.4, -0.2) is 81.2 Å². The van der Waals surface area contributed by atoms with Crippen molar-refractivity contribution in [2.24, 2.45) is 5.92 Å². The van der Waals surface area contributed by atoms with E-state index in [1.54, 1.807) is 23.4 Å². The van der Waals surface area contributed by atoms with Gasteiger partial charge in [0, 0.05) is 51.5 Å². The van der Waals surface area contributed by atoms with E-state index in [-0.39, 0.29) is 30.6 Å². The van der Waals surface area contributed by atoms with Gasteiger partial charge in [0.15, 0.2) is 0 Å². The minimum Gasteiger partial charge on any atom is -0.483 e. The van der Waals surface area contributed by atoms with E-state index < -0.39 is 0 Å². The number of hydrogen-bond donors (Lipinski definition) is 1. The third kappa shape index (κ3) is 4.83. The number of carbonyl (C=O) groups excluding carboxylic acids is 2. The van der Waals surface area contributed by atoms with Crippen molar-refractivity contribution in [2.45, 2.75) is 13.3 Å². The molecule has 2 aromatic rings. The van der Waals surface area contributed by atoms with E-state index in [1.165, 1.54) is 11.3 Å². The first-order chi connectivity index (χ1) is 14.0. The second-order valence-electron chi connectivity index (χ2n) is 6.48. The highest BCUT2D eigenvalue weighted by atomic mass is 32.1. The van der Waals surface area contributed by atoms with Gasteiger partial charge in [-0.1, -0.05) is 11.3 Å². The quantitative estimate of drug-likeness (QED) is 0.685. The van der Waals surface area contributed by atoms with Crippen molar-refractivity contribution in [3.8, 4) is 0 Å². The summed E-state index contributed by atoms with van der Waals surface area (Å²) in [4.78, 5) is 47.5. The van der Waals surface area contributed by atoms with E-state index in [2.05, 4.69) is 25.1 Å². The minimum atomic E-state index is -0.314. The summed E-state index contributed by atoms with van der Waals surface area (Å²) < 4.78 is 0. The summed E-state index contributed by atoms with van der Waals surface area (Å²) in [7, 11) is 0. The van der Waals surface area contributed by atoms with E-state index in [0.717, 1.165) is 5.01 Å². The standard InChI is InChI=1S/C16H19N7O2S.CH2O2/c1-11-19-20-16(26-11)23-10-12(9-13(23)24)14(25)21-5-7-22(8-6-21)15-17-3-2-4-18-15;2-1-3/h2-4,12H,5-10H2,1H3;1H,(H,2,3). The lowest BCUT2D eigenvalue weighted by atomic mass is 10.1. The molecule has 11 nitrogen and oxygen atoms in total. The Morgan fingerprint density at radius 1 is 1.21 bits per heavy atom. The van der Waals surface area contributed by atoms with Crippen LogP contribution in [0.2, 0.25) is 0 Å². The molecule has 0 saturated carbocycles. The number of amides is 2. The maximum Gasteiger partial charge on any atom is 0.290 e. The maximum absolute atomic E-state index is 12.8. The van der Waals surface area contributed by atoms with Crippen LogP contribution >= 0.6 is 11.3 Å². The van der Waals surface area contributed by atoms with E-state index >= 15 is 0 Å². The van der Waals surface area contributed by atoms with Crippen molar-refractivity contribution < 1.29 is 19.5 Å². The summed E-state index contributed by atoms with van der Waals surface area (Å²) >= 11 is 1.37. The topological polar surface area (TPSA) is 133 Å². The zero-order valence-electron chi connectivity index (χ0n) is 15.8. The molecule has 2 saturated heterocycles. The second kappa shape index (κ2) is 9.37. The van der Waals surface area contributed by atoms with Crippen molar-refractivity contribution in [1.29, 1.82) is 0 Å². The molecule has 0 bridgehead atoms. The molecule has 29 heavy (non-hydrogen) atoms. The van der Waals surface area contributed by atoms with Crippen molar-refractivity contribution in [3.05, 3.63) is 23.5 Å². The molecule has 2 amide bonds. The fraction of sp³-hybridized carbons (Fsp3) is 0.471. The van der Waals surface area contributed by atoms with Crippen LogP contribution in [0.3, 0.4) is 0 Å². The number of aromatic nitrogens is 4. The number of carboxylic acid groups (broad SMARTS) is 1. The molecule has 154 valence electrons. The predicted octanol–water partition coefficient (Wildman–Crippen LogP) is 0.0390. The SMILES string of the molecule is Cc1nnc(N2CC(C(=O)N3CCN(c4ncccn4)CC3)CC2=O)s1.O=CO. The van der Waals surface area contributed by atoms with Gasteiger partial charge in [0.05, 0.1) is 5.92 Å². The monoisotopic (exact) mass is 419 g/mol. The molecule has 2 fully saturated rings. The van der Waals surface area contributed by atoms with Gasteiger partial charge in [0.1, 0.15) is 5.01 Å². The third-order valence-corrected chi connectivity index (χ3v) is 5.51. The normalized spacial score (nSPS) is 19.0. The number of carbonyl (C=O) groups is 3. The molecular weight excluding hydrogens is 398 g/mol. The van der Waals surface area contributed by atoms with Crippen LogP contribution < -0.4 is 9.80 Å². The van der Waals surface area contributed by atoms with Crippen molar-refractivity contribution in [1.82, 2.24) is 25.1 Å². The molecule has 2 aliphatic heterocycles. The zero-order valence-corrected chi connectivity index (χ0v) is 16.7. The van der Waals surface area contributed by atoms with E-state index in [1.807, 2.05) is 11.8 Å². The fourth-order valence-corrected chi connectivity index (χ4v) is 4.01. The van der Waals surface area contributed by atoms with Crippen molar-refractivity contribution in [2.75, 3.05) is 42.5 Å². The molecule has 4 rings (SSSR count). The van der Waals surface area contributed by atoms with Crippen LogP contribution in [0.5, 0.6) is 0 Å². The molecule has 1 atom stereocenters. The van der Waals surface area contributed by atoms with Crippen LogP contribution in [0.4, 0.5) is 11.1 Å². The molecular formula is C17H21N7O4S. The largest absolute Gasteiger partial charge is 0.483 e. The lowest BCUT2D eigenvalue weighted by Crippen LogP contribution is -2.51. The highest BCUT2D eigenvalue weighted by Gasteiger charge is 2.39. The first-order valence-electron chi connectivity index (χ1n) is 9.02. The van der Waals surface area contributed by atoms with Gasteiger partial charge >= 0.3 is 0 Å². The third-order valence-electron chi connectivity index (χ3n) is 4.65. The Hall–Kier alpha value is -3.15. The van der Waals surface area contributed by atoms with Gasteiger partial charge in [-0.05, 0) is 13.0 Å². The van der Waals surface area contributed by atoms with Crippen molar-refractivity contribution >= 4 is 40.7 Å². The van der Waals surface area contributed by atoms with Crippen LogP contribution in [-0.2, 0) is 14.4 Å². The summed E-state index contributed by atoms with van der Waals surface area (Å²) in [5, 5.41) is 16.3. The van der Waals surface area contributed by atoms with Crippen LogP contribution in [0.15, 0.2) is 18.5 Å². The fourth-order valence-electron chi connectivity index (χ4n) is 3.29. The Balaban J connectivity index is 0.000000755. The first kappa shape index (κ1) is 20.6. The maximum atomic E-state index is 12.8. The molecule has 0 spiro atoms. The Labute approximate surface area is 171 Å². The molecule has 1 unspecified atom stereocenters. The van der Waals surface area contributed by atoms with Crippen LogP contribution in [0, 0.1) is 12.8 Å². The Bertz CT molecular complexity index is 854. The van der Waals surface area contributed by atoms with Crippen LogP contribution in [0.25, 0.3) is 0 Å².